The molecule has 1 aromatic heterocycles. The van der Waals surface area contributed by atoms with Gasteiger partial charge in [-0.3, -0.25) is 4.79 Å². The summed E-state index contributed by atoms with van der Waals surface area (Å²) in [5.74, 6) is 0.843. The van der Waals surface area contributed by atoms with Gasteiger partial charge < -0.3 is 14.2 Å². The molecule has 0 saturated carbocycles. The molecular weight excluding hydrogens is 376 g/mol. The molecule has 3 rings (SSSR count). The lowest BCUT2D eigenvalue weighted by atomic mass is 10.1. The van der Waals surface area contributed by atoms with Crippen LogP contribution in [0.3, 0.4) is 0 Å². The molecule has 5 nitrogen and oxygen atoms in total. The van der Waals surface area contributed by atoms with E-state index in [0.29, 0.717) is 27.7 Å². The molecule has 2 aromatic carbocycles. The van der Waals surface area contributed by atoms with E-state index in [-0.39, 0.29) is 5.78 Å². The zero-order valence-corrected chi connectivity index (χ0v) is 16.2. The molecule has 0 atom stereocenters. The molecule has 0 fully saturated rings. The molecule has 0 amide bonds. The lowest BCUT2D eigenvalue weighted by Gasteiger charge is -2.08. The van der Waals surface area contributed by atoms with Gasteiger partial charge in [-0.05, 0) is 47.4 Å². The number of methoxy groups -OCH3 is 2. The quantitative estimate of drug-likeness (QED) is 0.247. The lowest BCUT2D eigenvalue weighted by Crippen LogP contribution is -2.06. The number of allylic oxidation sites excluding steroid dienone is 1. The minimum atomic E-state index is -0.407. The molecule has 0 aliphatic carbocycles. The van der Waals surface area contributed by atoms with Crippen LogP contribution in [0.4, 0.5) is 0 Å². The maximum absolute atomic E-state index is 12.5. The molecule has 0 aliphatic heterocycles. The number of thiophene rings is 1. The molecule has 0 bridgehead atoms. The third-order valence-corrected chi connectivity index (χ3v) is 4.74. The summed E-state index contributed by atoms with van der Waals surface area (Å²) in [5.41, 5.74) is 1.16. The van der Waals surface area contributed by atoms with Crippen LogP contribution < -0.4 is 14.2 Å². The predicted molar refractivity (Wildman–Crippen MR) is 109 cm³/mol. The van der Waals surface area contributed by atoms with E-state index < -0.39 is 5.97 Å². The van der Waals surface area contributed by atoms with Crippen molar-refractivity contribution in [1.29, 1.82) is 0 Å². The molecule has 142 valence electrons. The van der Waals surface area contributed by atoms with Gasteiger partial charge in [0.25, 0.3) is 0 Å². The van der Waals surface area contributed by atoms with Crippen molar-refractivity contribution in [2.75, 3.05) is 14.2 Å². The van der Waals surface area contributed by atoms with Crippen molar-refractivity contribution >= 4 is 29.2 Å². The van der Waals surface area contributed by atoms with Crippen LogP contribution in [0.2, 0.25) is 0 Å². The highest BCUT2D eigenvalue weighted by Crippen LogP contribution is 2.25. The third kappa shape index (κ3) is 4.66. The van der Waals surface area contributed by atoms with Crippen molar-refractivity contribution in [3.8, 4) is 17.2 Å². The van der Waals surface area contributed by atoms with Gasteiger partial charge in [-0.25, -0.2) is 4.79 Å². The molecular formula is C22H18O5S. The normalized spacial score (nSPS) is 10.6. The molecule has 0 aliphatic rings. The van der Waals surface area contributed by atoms with Gasteiger partial charge in [0, 0.05) is 6.07 Å². The van der Waals surface area contributed by atoms with Crippen LogP contribution in [0.25, 0.3) is 6.08 Å². The second-order valence-corrected chi connectivity index (χ2v) is 6.65. The fraction of sp³-hybridized carbons (Fsp3) is 0.0909. The number of esters is 1. The Bertz CT molecular complexity index is 1010. The van der Waals surface area contributed by atoms with E-state index in [2.05, 4.69) is 0 Å². The van der Waals surface area contributed by atoms with Crippen molar-refractivity contribution in [1.82, 2.24) is 0 Å². The maximum Gasteiger partial charge on any atom is 0.353 e. The number of rotatable bonds is 7. The maximum atomic E-state index is 12.5. The fourth-order valence-corrected chi connectivity index (χ4v) is 3.10. The van der Waals surface area contributed by atoms with Gasteiger partial charge in [-0.2, -0.15) is 0 Å². The Hall–Kier alpha value is -3.38. The number of hydrogen-bond acceptors (Lipinski definition) is 6. The summed E-state index contributed by atoms with van der Waals surface area (Å²) in [7, 11) is 3.05. The summed E-state index contributed by atoms with van der Waals surface area (Å²) in [4.78, 5) is 25.1. The Morgan fingerprint density at radius 2 is 1.79 bits per heavy atom. The third-order valence-electron chi connectivity index (χ3n) is 3.89. The van der Waals surface area contributed by atoms with E-state index in [0.717, 1.165) is 5.56 Å². The zero-order chi connectivity index (χ0) is 19.9. The van der Waals surface area contributed by atoms with Gasteiger partial charge in [0.2, 0.25) is 0 Å². The Morgan fingerprint density at radius 1 is 0.929 bits per heavy atom. The highest BCUT2D eigenvalue weighted by atomic mass is 32.1. The van der Waals surface area contributed by atoms with Crippen LogP contribution in [0, 0.1) is 0 Å². The molecule has 28 heavy (non-hydrogen) atoms. The molecule has 0 N–H and O–H groups in total. The molecule has 6 heteroatoms. The largest absolute Gasteiger partial charge is 0.497 e. The van der Waals surface area contributed by atoms with Crippen molar-refractivity contribution in [3.63, 3.8) is 0 Å². The van der Waals surface area contributed by atoms with E-state index in [1.807, 2.05) is 11.4 Å². The number of carbonyl (C=O) groups is 2. The lowest BCUT2D eigenvalue weighted by molar-refractivity contribution is 0.0739. The number of hydrogen-bond donors (Lipinski definition) is 0. The van der Waals surface area contributed by atoms with Gasteiger partial charge in [-0.1, -0.05) is 24.3 Å². The molecule has 0 radical (unpaired) electrons. The number of ketones is 1. The first kappa shape index (κ1) is 19.4. The van der Waals surface area contributed by atoms with Crippen LogP contribution in [-0.4, -0.2) is 26.0 Å². The SMILES string of the molecule is COc1ccc(C(=O)C=Cc2cccc(OC(=O)c3cccs3)c2)c(OC)c1. The van der Waals surface area contributed by atoms with E-state index in [1.54, 1.807) is 61.7 Å². The van der Waals surface area contributed by atoms with Gasteiger partial charge >= 0.3 is 5.97 Å². The van der Waals surface area contributed by atoms with Crippen molar-refractivity contribution < 1.29 is 23.8 Å². The van der Waals surface area contributed by atoms with Crippen LogP contribution in [0.5, 0.6) is 17.2 Å². The van der Waals surface area contributed by atoms with Gasteiger partial charge in [0.05, 0.1) is 19.8 Å². The van der Waals surface area contributed by atoms with Gasteiger partial charge in [0.15, 0.2) is 5.78 Å². The number of carbonyl (C=O) groups excluding carboxylic acids is 2. The fourth-order valence-electron chi connectivity index (χ4n) is 2.50. The standard InChI is InChI=1S/C22H18O5S/c1-25-16-9-10-18(20(14-16)26-2)19(23)11-8-15-5-3-6-17(13-15)27-22(24)21-7-4-12-28-21/h3-14H,1-2H3. The van der Waals surface area contributed by atoms with Gasteiger partial charge in [0.1, 0.15) is 22.1 Å². The molecule has 1 heterocycles. The molecule has 0 saturated heterocycles. The Kier molecular flexibility index (Phi) is 6.24. The summed E-state index contributed by atoms with van der Waals surface area (Å²) >= 11 is 1.32. The molecule has 0 unspecified atom stereocenters. The van der Waals surface area contributed by atoms with E-state index >= 15 is 0 Å². The first-order valence-corrected chi connectivity index (χ1v) is 9.29. The first-order chi connectivity index (χ1) is 13.6. The van der Waals surface area contributed by atoms with Gasteiger partial charge in [-0.15, -0.1) is 11.3 Å². The Morgan fingerprint density at radius 3 is 2.50 bits per heavy atom. The number of benzene rings is 2. The summed E-state index contributed by atoms with van der Waals surface area (Å²) in [6.07, 6.45) is 3.11. The van der Waals surface area contributed by atoms with Crippen molar-refractivity contribution in [3.05, 3.63) is 82.1 Å². The Balaban J connectivity index is 1.74. The van der Waals surface area contributed by atoms with Crippen LogP contribution in [0.1, 0.15) is 25.6 Å². The monoisotopic (exact) mass is 394 g/mol. The minimum absolute atomic E-state index is 0.208. The van der Waals surface area contributed by atoms with E-state index in [1.165, 1.54) is 24.5 Å². The summed E-state index contributed by atoms with van der Waals surface area (Å²) < 4.78 is 15.8. The molecule has 0 spiro atoms. The van der Waals surface area contributed by atoms with E-state index in [4.69, 9.17) is 14.2 Å². The smallest absolute Gasteiger partial charge is 0.353 e. The first-order valence-electron chi connectivity index (χ1n) is 8.41. The highest BCUT2D eigenvalue weighted by Gasteiger charge is 2.11. The minimum Gasteiger partial charge on any atom is -0.497 e. The highest BCUT2D eigenvalue weighted by molar-refractivity contribution is 7.12. The average Bonchev–Trinajstić information content (AvgIpc) is 3.27. The second kappa shape index (κ2) is 9.01. The Labute approximate surface area is 166 Å². The van der Waals surface area contributed by atoms with Crippen molar-refractivity contribution in [2.45, 2.75) is 0 Å². The van der Waals surface area contributed by atoms with Crippen LogP contribution >= 0.6 is 11.3 Å². The topological polar surface area (TPSA) is 61.8 Å². The second-order valence-electron chi connectivity index (χ2n) is 5.70. The van der Waals surface area contributed by atoms with E-state index in [9.17, 15) is 9.59 Å². The summed E-state index contributed by atoms with van der Waals surface area (Å²) in [6.45, 7) is 0. The van der Waals surface area contributed by atoms with Crippen molar-refractivity contribution in [2.24, 2.45) is 0 Å². The predicted octanol–water partition coefficient (Wildman–Crippen LogP) is 4.88. The average molecular weight is 394 g/mol. The zero-order valence-electron chi connectivity index (χ0n) is 15.4. The number of ether oxygens (including phenoxy) is 3. The summed E-state index contributed by atoms with van der Waals surface area (Å²) in [5, 5.41) is 1.81. The molecule has 3 aromatic rings. The van der Waals surface area contributed by atoms with Crippen LogP contribution in [0.15, 0.2) is 66.1 Å². The van der Waals surface area contributed by atoms with Crippen LogP contribution in [-0.2, 0) is 0 Å². The summed E-state index contributed by atoms with van der Waals surface area (Å²) in [6, 6.07) is 15.5.